The number of nitrogens with one attached hydrogen (secondary N) is 4. The minimum atomic E-state index is -3.67. The topological polar surface area (TPSA) is 306 Å². The quantitative estimate of drug-likeness (QED) is 0.0299. The number of aryl methyl sites for hydroxylation is 1. The van der Waals surface area contributed by atoms with Crippen LogP contribution >= 0.6 is 0 Å². The molecule has 4 aliphatic heterocycles. The fourth-order valence-electron chi connectivity index (χ4n) is 10.6. The van der Waals surface area contributed by atoms with Gasteiger partial charge in [0.15, 0.2) is 5.60 Å². The van der Waals surface area contributed by atoms with Crippen molar-refractivity contribution >= 4 is 85.6 Å². The van der Waals surface area contributed by atoms with Gasteiger partial charge in [0.25, 0.3) is 11.8 Å². The number of rotatable bonds is 23. The maximum absolute atomic E-state index is 15.4. The van der Waals surface area contributed by atoms with Gasteiger partial charge in [0, 0.05) is 72.7 Å². The van der Waals surface area contributed by atoms with Crippen LogP contribution in [0.15, 0.2) is 59.7 Å². The van der Waals surface area contributed by atoms with Crippen LogP contribution < -0.4 is 21.3 Å². The Morgan fingerprint density at radius 1 is 0.963 bits per heavy atom. The summed E-state index contributed by atoms with van der Waals surface area (Å²) in [4.78, 5) is 126. The van der Waals surface area contributed by atoms with E-state index in [0.29, 0.717) is 82.3 Å². The summed E-state index contributed by atoms with van der Waals surface area (Å²) >= 11 is 0. The molecule has 5 N–H and O–H groups in total. The summed E-state index contributed by atoms with van der Waals surface area (Å²) in [5.41, 5.74) is 2.80. The minimum absolute atomic E-state index is 0.0739. The standard InChI is InChI=1S/C56H65FN8O15S/c1-7-56(38-23-42-50-37(26-64(42)25-36(38)53(73)80-54(56)74)48-40(60-44(68)27-66)17-16-35-31(4)39(57)24-41(61-50)47(35)48)79-29-63(21-22-81(6,76)77)55(75)78-28-33-12-14-34(15-13-33)59-51(71)32(5)58-52(72)49(30(2)3)62-43(67)11-9-8-10-20-65-45(69)18-19-46(65)70/h12-15,18-19,23-24,30,32,40,49,66H,7-11,16-17,20-22,25-29H2,1-6H3,(H,58,72)(H,59,71)(H,60,68)(H,62,67)/t32-,40?,49-,56+/m0/s1. The zero-order chi connectivity index (χ0) is 58.7. The third-order valence-electron chi connectivity index (χ3n) is 15.1. The van der Waals surface area contributed by atoms with Gasteiger partial charge in [0.1, 0.15) is 47.7 Å². The van der Waals surface area contributed by atoms with E-state index >= 15 is 4.39 Å². The fourth-order valence-corrected chi connectivity index (χ4v) is 11.1. The fraction of sp³-hybridized carbons (Fsp3) is 0.464. The average molecular weight is 1140 g/mol. The number of sulfone groups is 1. The van der Waals surface area contributed by atoms with Gasteiger partial charge in [-0.3, -0.25) is 38.6 Å². The first-order valence-corrected chi connectivity index (χ1v) is 28.8. The molecule has 1 aliphatic carbocycles. The molecule has 3 aromatic rings. The van der Waals surface area contributed by atoms with Crippen LogP contribution in [-0.4, -0.2) is 149 Å². The van der Waals surface area contributed by atoms with Crippen molar-refractivity contribution in [2.24, 2.45) is 5.92 Å². The van der Waals surface area contributed by atoms with Gasteiger partial charge in [-0.2, -0.15) is 0 Å². The number of ether oxygens (including phenoxy) is 3. The SMILES string of the molecule is CC[C@]1(OCN(CCS(C)(=O)=O)C(=O)OCc2ccc(NC(=O)[C@H](C)NC(=O)[C@@H](NC(=O)CCCCCN3C(=O)C=CC3=O)C(C)C)cc2)C(=O)OC(=O)C2=C1C=C1c3nc4cc(F)c(C)c5c4c(c3CN1C2)C(NC(=O)CO)CC5. The summed E-state index contributed by atoms with van der Waals surface area (Å²) in [5.74, 6) is -6.16. The lowest BCUT2D eigenvalue weighted by atomic mass is 9.81. The zero-order valence-electron chi connectivity index (χ0n) is 45.8. The van der Waals surface area contributed by atoms with Gasteiger partial charge in [0.2, 0.25) is 23.6 Å². The Balaban J connectivity index is 0.905. The number of aliphatic hydroxyl groups is 1. The molecular formula is C56H65FN8O15S. The van der Waals surface area contributed by atoms with E-state index in [2.05, 4.69) is 21.3 Å². The normalized spacial score (nSPS) is 18.9. The van der Waals surface area contributed by atoms with Gasteiger partial charge in [-0.05, 0) is 92.3 Å². The summed E-state index contributed by atoms with van der Waals surface area (Å²) in [6.07, 6.45) is 6.37. The molecule has 5 heterocycles. The number of carbonyl (C=O) groups excluding carboxylic acids is 9. The van der Waals surface area contributed by atoms with Crippen molar-refractivity contribution in [3.05, 3.63) is 99.0 Å². The predicted molar refractivity (Wildman–Crippen MR) is 289 cm³/mol. The van der Waals surface area contributed by atoms with E-state index in [-0.39, 0.29) is 73.9 Å². The number of hydrogen-bond acceptors (Lipinski definition) is 17. The van der Waals surface area contributed by atoms with Gasteiger partial charge in [-0.1, -0.05) is 39.3 Å². The van der Waals surface area contributed by atoms with Crippen LogP contribution in [0.5, 0.6) is 0 Å². The lowest BCUT2D eigenvalue weighted by molar-refractivity contribution is -0.180. The number of hydrogen-bond donors (Lipinski definition) is 5. The molecule has 1 aromatic heterocycles. The first-order valence-electron chi connectivity index (χ1n) is 26.7. The molecule has 5 aliphatic rings. The Morgan fingerprint density at radius 3 is 2.35 bits per heavy atom. The molecule has 0 fully saturated rings. The summed E-state index contributed by atoms with van der Waals surface area (Å²) < 4.78 is 57.5. The number of imide groups is 1. The Morgan fingerprint density at radius 2 is 1.68 bits per heavy atom. The summed E-state index contributed by atoms with van der Waals surface area (Å²) in [6.45, 7) is 6.43. The number of amides is 7. The van der Waals surface area contributed by atoms with Gasteiger partial charge in [0.05, 0.1) is 40.8 Å². The highest BCUT2D eigenvalue weighted by Crippen LogP contribution is 2.49. The molecule has 0 radical (unpaired) electrons. The number of nitrogens with zero attached hydrogens (tertiary/aromatic N) is 4. The molecule has 0 saturated heterocycles. The highest BCUT2D eigenvalue weighted by molar-refractivity contribution is 7.90. The Kier molecular flexibility index (Phi) is 17.9. The highest BCUT2D eigenvalue weighted by Gasteiger charge is 2.53. The van der Waals surface area contributed by atoms with E-state index in [0.717, 1.165) is 21.6 Å². The zero-order valence-corrected chi connectivity index (χ0v) is 46.6. The molecule has 23 nitrogen and oxygen atoms in total. The maximum atomic E-state index is 15.4. The molecule has 0 saturated carbocycles. The number of benzene rings is 2. The smallest absolute Gasteiger partial charge is 0.411 e. The molecule has 2 aromatic carbocycles. The van der Waals surface area contributed by atoms with Crippen LogP contribution in [0.1, 0.15) is 106 Å². The summed E-state index contributed by atoms with van der Waals surface area (Å²) in [5, 5.41) is 21.3. The van der Waals surface area contributed by atoms with Gasteiger partial charge >= 0.3 is 18.0 Å². The number of cyclic esters (lactones) is 2. The van der Waals surface area contributed by atoms with E-state index in [1.54, 1.807) is 45.9 Å². The molecule has 0 bridgehead atoms. The maximum Gasteiger partial charge on any atom is 0.411 e. The lowest BCUT2D eigenvalue weighted by Gasteiger charge is -2.40. The molecule has 7 amide bonds. The molecule has 81 heavy (non-hydrogen) atoms. The van der Waals surface area contributed by atoms with Crippen molar-refractivity contribution < 1.29 is 75.3 Å². The number of esters is 2. The Labute approximate surface area is 466 Å². The van der Waals surface area contributed by atoms with E-state index in [9.17, 15) is 56.7 Å². The first-order chi connectivity index (χ1) is 38.4. The van der Waals surface area contributed by atoms with Crippen LogP contribution in [0.3, 0.4) is 0 Å². The summed E-state index contributed by atoms with van der Waals surface area (Å²) in [7, 11) is -3.67. The van der Waals surface area contributed by atoms with Crippen molar-refractivity contribution in [2.45, 2.75) is 116 Å². The van der Waals surface area contributed by atoms with E-state index in [1.807, 2.05) is 4.90 Å². The van der Waals surface area contributed by atoms with Crippen molar-refractivity contribution in [1.29, 1.82) is 0 Å². The summed E-state index contributed by atoms with van der Waals surface area (Å²) in [6, 6.07) is 4.96. The van der Waals surface area contributed by atoms with Crippen molar-refractivity contribution in [3.63, 3.8) is 0 Å². The second-order valence-electron chi connectivity index (χ2n) is 21.1. The van der Waals surface area contributed by atoms with Crippen molar-refractivity contribution in [3.8, 4) is 0 Å². The van der Waals surface area contributed by atoms with Crippen LogP contribution in [0.4, 0.5) is 14.9 Å². The molecular weight excluding hydrogens is 1080 g/mol. The highest BCUT2D eigenvalue weighted by atomic mass is 32.2. The van der Waals surface area contributed by atoms with Crippen LogP contribution in [0.25, 0.3) is 16.6 Å². The number of halogens is 1. The molecule has 0 spiro atoms. The third kappa shape index (κ3) is 12.8. The van der Waals surface area contributed by atoms with Crippen LogP contribution in [0, 0.1) is 18.7 Å². The van der Waals surface area contributed by atoms with E-state index < -0.39 is 101 Å². The number of anilines is 1. The van der Waals surface area contributed by atoms with E-state index in [1.165, 1.54) is 37.3 Å². The number of carbonyl (C=O) groups is 9. The van der Waals surface area contributed by atoms with Crippen LogP contribution in [-0.2, 0) is 82.0 Å². The first kappa shape index (κ1) is 59.2. The average Bonchev–Trinajstić information content (AvgIpc) is 2.37. The largest absolute Gasteiger partial charge is 0.444 e. The number of unbranched alkanes of at least 4 members (excludes halogenated alkanes) is 2. The molecule has 4 atom stereocenters. The lowest BCUT2D eigenvalue weighted by Crippen LogP contribution is -2.53. The van der Waals surface area contributed by atoms with Gasteiger partial charge < -0.3 is 45.5 Å². The van der Waals surface area contributed by atoms with Gasteiger partial charge in [-0.25, -0.2) is 32.2 Å². The number of aliphatic hydroxyl groups excluding tert-OH is 1. The Hall–Kier alpha value is -7.90. The van der Waals surface area contributed by atoms with Crippen molar-refractivity contribution in [1.82, 2.24) is 35.6 Å². The molecule has 1 unspecified atom stereocenters. The van der Waals surface area contributed by atoms with Gasteiger partial charge in [-0.15, -0.1) is 0 Å². The second-order valence-corrected chi connectivity index (χ2v) is 23.3. The van der Waals surface area contributed by atoms with Crippen molar-refractivity contribution in [2.75, 3.05) is 50.3 Å². The monoisotopic (exact) mass is 1140 g/mol. The number of aromatic nitrogens is 1. The number of pyridine rings is 1. The second kappa shape index (κ2) is 24.4. The number of fused-ring (bicyclic) bond motifs is 4. The third-order valence-corrected chi connectivity index (χ3v) is 16.0. The van der Waals surface area contributed by atoms with Crippen LogP contribution in [0.2, 0.25) is 0 Å². The Bertz CT molecular complexity index is 3310. The predicted octanol–water partition coefficient (Wildman–Crippen LogP) is 3.20. The molecule has 25 heteroatoms. The molecule has 8 rings (SSSR count). The minimum Gasteiger partial charge on any atom is -0.444 e. The molecule has 432 valence electrons. The van der Waals surface area contributed by atoms with E-state index in [4.69, 9.17) is 19.2 Å².